The van der Waals surface area contributed by atoms with Crippen molar-refractivity contribution in [3.63, 3.8) is 0 Å². The number of nitrogens with two attached hydrogens (primary N) is 1. The molecular weight excluding hydrogens is 176 g/mol. The normalized spacial score (nSPS) is 10.8. The first-order chi connectivity index (χ1) is 5.79. The molecule has 0 aliphatic rings. The molecule has 0 atom stereocenters. The Kier molecular flexibility index (Phi) is 1.66. The van der Waals surface area contributed by atoms with Gasteiger partial charge in [-0.2, -0.15) is 4.98 Å². The van der Waals surface area contributed by atoms with Crippen LogP contribution in [0.1, 0.15) is 5.56 Å². The van der Waals surface area contributed by atoms with Crippen LogP contribution in [0.5, 0.6) is 0 Å². The van der Waals surface area contributed by atoms with Crippen molar-refractivity contribution in [2.75, 3.05) is 5.73 Å². The maximum absolute atomic E-state index is 5.64. The first-order valence-electron chi connectivity index (χ1n) is 3.50. The van der Waals surface area contributed by atoms with E-state index >= 15 is 0 Å². The quantitative estimate of drug-likeness (QED) is 0.688. The lowest BCUT2D eigenvalue weighted by Gasteiger charge is -1.91. The van der Waals surface area contributed by atoms with Gasteiger partial charge in [0.25, 0.3) is 6.01 Å². The zero-order valence-electron chi connectivity index (χ0n) is 6.25. The molecule has 0 unspecified atom stereocenters. The third kappa shape index (κ3) is 1.12. The fourth-order valence-electron chi connectivity index (χ4n) is 1.07. The van der Waals surface area contributed by atoms with Gasteiger partial charge in [0.15, 0.2) is 5.58 Å². The number of benzene rings is 1. The van der Waals surface area contributed by atoms with Crippen LogP contribution in [0.3, 0.4) is 0 Å². The molecule has 1 heterocycles. The highest BCUT2D eigenvalue weighted by Crippen LogP contribution is 2.18. The van der Waals surface area contributed by atoms with E-state index in [0.29, 0.717) is 11.5 Å². The fourth-order valence-corrected chi connectivity index (χ4v) is 1.24. The van der Waals surface area contributed by atoms with E-state index < -0.39 is 0 Å². The van der Waals surface area contributed by atoms with Gasteiger partial charge in [0.05, 0.1) is 0 Å². The second kappa shape index (κ2) is 2.68. The Morgan fingerprint density at radius 2 is 2.33 bits per heavy atom. The average Bonchev–Trinajstić information content (AvgIpc) is 2.43. The Hall–Kier alpha value is -1.22. The van der Waals surface area contributed by atoms with E-state index in [-0.39, 0.29) is 6.01 Å². The summed E-state index contributed by atoms with van der Waals surface area (Å²) >= 11 is 5.64. The van der Waals surface area contributed by atoms with Crippen molar-refractivity contribution in [3.05, 3.63) is 23.8 Å². The Labute approximate surface area is 74.1 Å². The lowest BCUT2D eigenvalue weighted by molar-refractivity contribution is 0.626. The molecule has 0 spiro atoms. The molecule has 0 amide bonds. The molecule has 62 valence electrons. The second-order valence-electron chi connectivity index (χ2n) is 2.49. The first kappa shape index (κ1) is 7.43. The number of rotatable bonds is 1. The van der Waals surface area contributed by atoms with Crippen molar-refractivity contribution in [2.45, 2.75) is 5.88 Å². The van der Waals surface area contributed by atoms with Gasteiger partial charge in [-0.05, 0) is 17.7 Å². The smallest absolute Gasteiger partial charge is 0.292 e. The number of alkyl halides is 1. The van der Waals surface area contributed by atoms with Gasteiger partial charge >= 0.3 is 0 Å². The molecule has 2 rings (SSSR count). The Balaban J connectivity index is 2.66. The topological polar surface area (TPSA) is 52.0 Å². The van der Waals surface area contributed by atoms with Crippen LogP contribution in [0, 0.1) is 0 Å². The highest BCUT2D eigenvalue weighted by atomic mass is 35.5. The van der Waals surface area contributed by atoms with E-state index in [1.54, 1.807) is 0 Å². The molecule has 0 saturated heterocycles. The number of halogens is 1. The Bertz CT molecular complexity index is 410. The van der Waals surface area contributed by atoms with Crippen molar-refractivity contribution in [1.29, 1.82) is 0 Å². The molecule has 1 aromatic carbocycles. The van der Waals surface area contributed by atoms with Gasteiger partial charge in [-0.1, -0.05) is 6.07 Å². The summed E-state index contributed by atoms with van der Waals surface area (Å²) in [6.45, 7) is 0. The fraction of sp³-hybridized carbons (Fsp3) is 0.125. The van der Waals surface area contributed by atoms with Crippen LogP contribution in [0.2, 0.25) is 0 Å². The standard InChI is InChI=1S/C8H7ClN2O/c9-4-5-1-2-6-7(3-5)12-8(10)11-6/h1-3H,4H2,(H2,10,11). The van der Waals surface area contributed by atoms with Crippen LogP contribution in [-0.4, -0.2) is 4.98 Å². The summed E-state index contributed by atoms with van der Waals surface area (Å²) in [5.41, 5.74) is 7.82. The lowest BCUT2D eigenvalue weighted by Crippen LogP contribution is -1.80. The molecule has 3 nitrogen and oxygen atoms in total. The summed E-state index contributed by atoms with van der Waals surface area (Å²) in [4.78, 5) is 3.96. The molecule has 2 N–H and O–H groups in total. The maximum Gasteiger partial charge on any atom is 0.292 e. The van der Waals surface area contributed by atoms with Crippen molar-refractivity contribution in [1.82, 2.24) is 4.98 Å². The highest BCUT2D eigenvalue weighted by Gasteiger charge is 2.02. The van der Waals surface area contributed by atoms with E-state index in [2.05, 4.69) is 4.98 Å². The van der Waals surface area contributed by atoms with Crippen molar-refractivity contribution < 1.29 is 4.42 Å². The third-order valence-electron chi connectivity index (χ3n) is 1.62. The molecule has 0 fully saturated rings. The van der Waals surface area contributed by atoms with Crippen LogP contribution < -0.4 is 5.73 Å². The zero-order valence-corrected chi connectivity index (χ0v) is 7.01. The van der Waals surface area contributed by atoms with Gasteiger partial charge in [-0.3, -0.25) is 0 Å². The lowest BCUT2D eigenvalue weighted by atomic mass is 10.2. The summed E-state index contributed by atoms with van der Waals surface area (Å²) in [5.74, 6) is 0.469. The van der Waals surface area contributed by atoms with E-state index in [1.807, 2.05) is 18.2 Å². The SMILES string of the molecule is Nc1nc2ccc(CCl)cc2o1. The van der Waals surface area contributed by atoms with Gasteiger partial charge in [0, 0.05) is 5.88 Å². The van der Waals surface area contributed by atoms with Gasteiger partial charge in [-0.15, -0.1) is 11.6 Å². The third-order valence-corrected chi connectivity index (χ3v) is 1.93. The number of nitrogen functional groups attached to an aromatic ring is 1. The molecule has 0 aliphatic heterocycles. The highest BCUT2D eigenvalue weighted by molar-refractivity contribution is 6.17. The van der Waals surface area contributed by atoms with E-state index in [4.69, 9.17) is 21.8 Å². The Morgan fingerprint density at radius 1 is 1.50 bits per heavy atom. The van der Waals surface area contributed by atoms with Crippen LogP contribution in [-0.2, 0) is 5.88 Å². The molecule has 0 bridgehead atoms. The average molecular weight is 183 g/mol. The summed E-state index contributed by atoms with van der Waals surface area (Å²) in [6.07, 6.45) is 0. The number of aromatic nitrogens is 1. The number of anilines is 1. The molecule has 2 aromatic rings. The summed E-state index contributed by atoms with van der Waals surface area (Å²) in [6, 6.07) is 5.77. The summed E-state index contributed by atoms with van der Waals surface area (Å²) in [5, 5.41) is 0. The minimum Gasteiger partial charge on any atom is -0.424 e. The van der Waals surface area contributed by atoms with E-state index in [9.17, 15) is 0 Å². The molecule has 12 heavy (non-hydrogen) atoms. The number of nitrogens with zero attached hydrogens (tertiary/aromatic N) is 1. The van der Waals surface area contributed by atoms with Crippen LogP contribution in [0.25, 0.3) is 11.1 Å². The largest absolute Gasteiger partial charge is 0.424 e. The predicted molar refractivity (Wildman–Crippen MR) is 48.0 cm³/mol. The molecule has 0 saturated carbocycles. The minimum atomic E-state index is 0.191. The monoisotopic (exact) mass is 182 g/mol. The van der Waals surface area contributed by atoms with E-state index in [0.717, 1.165) is 11.1 Å². The van der Waals surface area contributed by atoms with Crippen molar-refractivity contribution in [3.8, 4) is 0 Å². The number of oxazole rings is 1. The van der Waals surface area contributed by atoms with Crippen molar-refractivity contribution >= 4 is 28.7 Å². The van der Waals surface area contributed by atoms with Gasteiger partial charge in [0.2, 0.25) is 0 Å². The second-order valence-corrected chi connectivity index (χ2v) is 2.76. The molecule has 0 radical (unpaired) electrons. The molecule has 0 aliphatic carbocycles. The van der Waals surface area contributed by atoms with Crippen LogP contribution in [0.15, 0.2) is 22.6 Å². The zero-order chi connectivity index (χ0) is 8.55. The molecular formula is C8H7ClN2O. The molecule has 4 heteroatoms. The first-order valence-corrected chi connectivity index (χ1v) is 4.04. The van der Waals surface area contributed by atoms with Gasteiger partial charge in [0.1, 0.15) is 5.52 Å². The maximum atomic E-state index is 5.64. The van der Waals surface area contributed by atoms with Gasteiger partial charge < -0.3 is 10.2 Å². The van der Waals surface area contributed by atoms with Crippen LogP contribution in [0.4, 0.5) is 6.01 Å². The summed E-state index contributed by atoms with van der Waals surface area (Å²) < 4.78 is 5.12. The van der Waals surface area contributed by atoms with E-state index in [1.165, 1.54) is 0 Å². The number of hydrogen-bond acceptors (Lipinski definition) is 3. The van der Waals surface area contributed by atoms with Crippen molar-refractivity contribution in [2.24, 2.45) is 0 Å². The predicted octanol–water partition coefficient (Wildman–Crippen LogP) is 2.15. The molecule has 1 aromatic heterocycles. The number of hydrogen-bond donors (Lipinski definition) is 1. The van der Waals surface area contributed by atoms with Gasteiger partial charge in [-0.25, -0.2) is 0 Å². The minimum absolute atomic E-state index is 0.191. The van der Waals surface area contributed by atoms with Crippen LogP contribution >= 0.6 is 11.6 Å². The number of fused-ring (bicyclic) bond motifs is 1. The Morgan fingerprint density at radius 3 is 3.08 bits per heavy atom. The summed E-state index contributed by atoms with van der Waals surface area (Å²) in [7, 11) is 0.